The summed E-state index contributed by atoms with van der Waals surface area (Å²) in [6.45, 7) is 0. The van der Waals surface area contributed by atoms with Gasteiger partial charge in [-0.2, -0.15) is 0 Å². The summed E-state index contributed by atoms with van der Waals surface area (Å²) in [5, 5.41) is 0.117. The number of hydrogen-bond donors (Lipinski definition) is 0. The summed E-state index contributed by atoms with van der Waals surface area (Å²) in [6, 6.07) is 1.14. The first-order valence-electron chi connectivity index (χ1n) is 3.58. The van der Waals surface area contributed by atoms with E-state index in [-0.39, 0.29) is 22.2 Å². The van der Waals surface area contributed by atoms with Crippen molar-refractivity contribution in [1.82, 2.24) is 4.98 Å². The van der Waals surface area contributed by atoms with Gasteiger partial charge in [-0.3, -0.25) is 4.79 Å². The number of alkyl halides is 3. The van der Waals surface area contributed by atoms with Crippen LogP contribution in [-0.2, 0) is 5.88 Å². The summed E-state index contributed by atoms with van der Waals surface area (Å²) in [6.07, 6.45) is -2.52. The highest BCUT2D eigenvalue weighted by molar-refractivity contribution is 6.32. The molecule has 6 heteroatoms. The summed E-state index contributed by atoms with van der Waals surface area (Å²) < 4.78 is 24.7. The molecule has 0 aliphatic heterocycles. The third-order valence-electron chi connectivity index (χ3n) is 1.57. The molecular formula is C8H5Cl2F2NO. The normalized spacial score (nSPS) is 10.6. The van der Waals surface area contributed by atoms with Crippen molar-refractivity contribution >= 4 is 29.5 Å². The Bertz CT molecular complexity index is 357. The molecule has 0 aromatic carbocycles. The van der Waals surface area contributed by atoms with E-state index in [4.69, 9.17) is 23.2 Å². The van der Waals surface area contributed by atoms with Crippen LogP contribution in [0.4, 0.5) is 8.78 Å². The lowest BCUT2D eigenvalue weighted by Gasteiger charge is -2.06. The van der Waals surface area contributed by atoms with Crippen LogP contribution in [0.3, 0.4) is 0 Å². The van der Waals surface area contributed by atoms with Crippen molar-refractivity contribution in [3.8, 4) is 0 Å². The van der Waals surface area contributed by atoms with E-state index >= 15 is 0 Å². The maximum Gasteiger partial charge on any atom is 0.281 e. The highest BCUT2D eigenvalue weighted by atomic mass is 35.5. The molecule has 1 aromatic rings. The number of hydrogen-bond acceptors (Lipinski definition) is 2. The molecule has 0 atom stereocenters. The third kappa shape index (κ3) is 2.19. The molecule has 1 heterocycles. The van der Waals surface area contributed by atoms with E-state index in [1.165, 1.54) is 0 Å². The smallest absolute Gasteiger partial charge is 0.281 e. The van der Waals surface area contributed by atoms with E-state index in [2.05, 4.69) is 4.98 Å². The van der Waals surface area contributed by atoms with Crippen molar-refractivity contribution in [2.75, 3.05) is 0 Å². The van der Waals surface area contributed by atoms with Crippen molar-refractivity contribution in [3.05, 3.63) is 28.0 Å². The minimum atomic E-state index is -2.81. The van der Waals surface area contributed by atoms with Crippen LogP contribution in [-0.4, -0.2) is 11.3 Å². The Morgan fingerprint density at radius 2 is 2.21 bits per heavy atom. The molecule has 0 aliphatic rings. The summed E-state index contributed by atoms with van der Waals surface area (Å²) in [5.41, 5.74) is -0.645. The molecule has 0 spiro atoms. The number of pyridine rings is 1. The lowest BCUT2D eigenvalue weighted by molar-refractivity contribution is 0.110. The first-order valence-corrected chi connectivity index (χ1v) is 4.50. The van der Waals surface area contributed by atoms with Gasteiger partial charge in [0, 0.05) is 5.56 Å². The van der Waals surface area contributed by atoms with Crippen LogP contribution >= 0.6 is 23.2 Å². The van der Waals surface area contributed by atoms with E-state index in [1.807, 2.05) is 0 Å². The Labute approximate surface area is 88.8 Å². The average Bonchev–Trinajstić information content (AvgIpc) is 2.16. The van der Waals surface area contributed by atoms with Crippen LogP contribution in [0.25, 0.3) is 0 Å². The molecule has 0 aliphatic carbocycles. The number of aldehydes is 1. The largest absolute Gasteiger partial charge is 0.298 e. The van der Waals surface area contributed by atoms with Gasteiger partial charge in [-0.1, -0.05) is 11.6 Å². The molecule has 0 radical (unpaired) electrons. The second-order valence-corrected chi connectivity index (χ2v) is 3.12. The van der Waals surface area contributed by atoms with Crippen LogP contribution in [0.15, 0.2) is 6.07 Å². The molecule has 0 bridgehead atoms. The fourth-order valence-electron chi connectivity index (χ4n) is 0.920. The summed E-state index contributed by atoms with van der Waals surface area (Å²) in [7, 11) is 0. The van der Waals surface area contributed by atoms with Crippen molar-refractivity contribution in [3.63, 3.8) is 0 Å². The van der Waals surface area contributed by atoms with Gasteiger partial charge in [0.25, 0.3) is 6.43 Å². The van der Waals surface area contributed by atoms with E-state index in [9.17, 15) is 13.6 Å². The van der Waals surface area contributed by atoms with Gasteiger partial charge in [0.05, 0.1) is 16.6 Å². The van der Waals surface area contributed by atoms with E-state index in [1.54, 1.807) is 0 Å². The van der Waals surface area contributed by atoms with Gasteiger partial charge in [0.15, 0.2) is 6.29 Å². The van der Waals surface area contributed by atoms with Crippen LogP contribution in [0.1, 0.15) is 28.2 Å². The quantitative estimate of drug-likeness (QED) is 0.599. The first-order chi connectivity index (χ1) is 6.60. The number of rotatable bonds is 3. The average molecular weight is 240 g/mol. The van der Waals surface area contributed by atoms with E-state index in [0.717, 1.165) is 6.07 Å². The number of aromatic nitrogens is 1. The Balaban J connectivity index is 3.32. The first kappa shape index (κ1) is 11.3. The molecule has 0 fully saturated rings. The van der Waals surface area contributed by atoms with E-state index < -0.39 is 12.1 Å². The standard InChI is InChI=1S/C8H5Cl2F2NO/c9-2-6-5(10)1-4(3-14)7(13-6)8(11)12/h1,3,8H,2H2. The van der Waals surface area contributed by atoms with Gasteiger partial charge >= 0.3 is 0 Å². The van der Waals surface area contributed by atoms with Crippen molar-refractivity contribution in [2.45, 2.75) is 12.3 Å². The molecule has 0 N–H and O–H groups in total. The van der Waals surface area contributed by atoms with Crippen molar-refractivity contribution in [1.29, 1.82) is 0 Å². The van der Waals surface area contributed by atoms with Crippen molar-refractivity contribution in [2.24, 2.45) is 0 Å². The third-order valence-corrected chi connectivity index (χ3v) is 2.15. The van der Waals surface area contributed by atoms with Gasteiger partial charge in [-0.05, 0) is 6.07 Å². The SMILES string of the molecule is O=Cc1cc(Cl)c(CCl)nc1C(F)F. The van der Waals surface area contributed by atoms with Gasteiger partial charge < -0.3 is 0 Å². The Morgan fingerprint density at radius 3 is 2.64 bits per heavy atom. The van der Waals surface area contributed by atoms with Crippen LogP contribution in [0.5, 0.6) is 0 Å². The van der Waals surface area contributed by atoms with Gasteiger partial charge in [0.1, 0.15) is 5.69 Å². The fourth-order valence-corrected chi connectivity index (χ4v) is 1.42. The molecule has 0 saturated heterocycles. The molecule has 1 aromatic heterocycles. The zero-order valence-corrected chi connectivity index (χ0v) is 8.32. The molecule has 0 saturated carbocycles. The zero-order chi connectivity index (χ0) is 10.7. The molecule has 0 amide bonds. The van der Waals surface area contributed by atoms with Crippen LogP contribution < -0.4 is 0 Å². The minimum absolute atomic E-state index is 0.0717. The Hall–Kier alpha value is -0.740. The minimum Gasteiger partial charge on any atom is -0.298 e. The highest BCUT2D eigenvalue weighted by Crippen LogP contribution is 2.25. The molecule has 0 unspecified atom stereocenters. The monoisotopic (exact) mass is 239 g/mol. The second kappa shape index (κ2) is 4.66. The molecule has 1 rings (SSSR count). The van der Waals surface area contributed by atoms with Crippen LogP contribution in [0.2, 0.25) is 5.02 Å². The van der Waals surface area contributed by atoms with Crippen LogP contribution in [0, 0.1) is 0 Å². The summed E-state index contributed by atoms with van der Waals surface area (Å²) >= 11 is 11.1. The lowest BCUT2D eigenvalue weighted by atomic mass is 10.2. The van der Waals surface area contributed by atoms with Gasteiger partial charge in [-0.25, -0.2) is 13.8 Å². The number of carbonyl (C=O) groups excluding carboxylic acids is 1. The Kier molecular flexibility index (Phi) is 3.77. The predicted octanol–water partition coefficient (Wildman–Crippen LogP) is 3.22. The maximum absolute atomic E-state index is 12.4. The van der Waals surface area contributed by atoms with Gasteiger partial charge in [-0.15, -0.1) is 11.6 Å². The maximum atomic E-state index is 12.4. The highest BCUT2D eigenvalue weighted by Gasteiger charge is 2.17. The predicted molar refractivity (Wildman–Crippen MR) is 49.1 cm³/mol. The van der Waals surface area contributed by atoms with Gasteiger partial charge in [0.2, 0.25) is 0 Å². The molecule has 14 heavy (non-hydrogen) atoms. The number of halogens is 4. The van der Waals surface area contributed by atoms with E-state index in [0.29, 0.717) is 6.29 Å². The fraction of sp³-hybridized carbons (Fsp3) is 0.250. The lowest BCUT2D eigenvalue weighted by Crippen LogP contribution is -2.01. The Morgan fingerprint density at radius 1 is 1.57 bits per heavy atom. The molecular weight excluding hydrogens is 235 g/mol. The summed E-state index contributed by atoms with van der Waals surface area (Å²) in [4.78, 5) is 13.9. The number of carbonyl (C=O) groups is 1. The topological polar surface area (TPSA) is 30.0 Å². The summed E-state index contributed by atoms with van der Waals surface area (Å²) in [5.74, 6) is -0.0717. The molecule has 76 valence electrons. The number of nitrogens with zero attached hydrogens (tertiary/aromatic N) is 1. The molecule has 2 nitrogen and oxygen atoms in total. The van der Waals surface area contributed by atoms with Crippen molar-refractivity contribution < 1.29 is 13.6 Å². The second-order valence-electron chi connectivity index (χ2n) is 2.44. The zero-order valence-electron chi connectivity index (χ0n) is 6.81.